The number of nitrogens with two attached hydrogens (primary N) is 1. The number of aliphatic hydroxyl groups excluding tert-OH is 1. The topological polar surface area (TPSA) is 202 Å². The first-order valence-electron chi connectivity index (χ1n) is 15.2. The predicted octanol–water partition coefficient (Wildman–Crippen LogP) is 3.78. The van der Waals surface area contributed by atoms with Crippen molar-refractivity contribution in [1.82, 2.24) is 24.6 Å². The smallest absolute Gasteiger partial charge is 0.459 e. The second kappa shape index (κ2) is 13.9. The summed E-state index contributed by atoms with van der Waals surface area (Å²) < 4.78 is 71.3. The Bertz CT molecular complexity index is 2100. The van der Waals surface area contributed by atoms with E-state index in [-0.39, 0.29) is 34.3 Å². The molecule has 50 heavy (non-hydrogen) atoms. The molecule has 5 N–H and O–H groups in total. The zero-order valence-electron chi connectivity index (χ0n) is 26.9. The van der Waals surface area contributed by atoms with Gasteiger partial charge in [0.05, 0.1) is 20.0 Å². The van der Waals surface area contributed by atoms with Crippen LogP contribution in [0.5, 0.6) is 11.6 Å². The number of halogens is 2. The molecule has 1 aliphatic heterocycles. The van der Waals surface area contributed by atoms with Crippen molar-refractivity contribution in [1.29, 1.82) is 0 Å². The SMILES string of the molecule is COc1nc(N)nc2c1ncn2C1O[C@H](COP(=O)(N[C@@H](C)C(=O)OCc2ccc(F)cc2F)Oc2cccc3ccccc23)[C@@H](O)[C@@]1(C)O. The summed E-state index contributed by atoms with van der Waals surface area (Å²) in [6.07, 6.45) is -2.90. The highest BCUT2D eigenvalue weighted by Crippen LogP contribution is 2.48. The molecule has 1 saturated heterocycles. The molecule has 2 aromatic heterocycles. The summed E-state index contributed by atoms with van der Waals surface area (Å²) in [5.41, 5.74) is 4.16. The fourth-order valence-electron chi connectivity index (χ4n) is 5.47. The number of carbonyl (C=O) groups is 1. The quantitative estimate of drug-likeness (QED) is 0.107. The molecule has 0 amide bonds. The van der Waals surface area contributed by atoms with Gasteiger partial charge < -0.3 is 34.7 Å². The minimum absolute atomic E-state index is 0.0781. The first-order valence-corrected chi connectivity index (χ1v) is 16.7. The van der Waals surface area contributed by atoms with Crippen molar-refractivity contribution in [3.8, 4) is 11.6 Å². The molecule has 6 rings (SSSR count). The average molecular weight is 715 g/mol. The van der Waals surface area contributed by atoms with Crippen LogP contribution in [0.15, 0.2) is 67.0 Å². The number of methoxy groups -OCH3 is 1. The lowest BCUT2D eigenvalue weighted by Crippen LogP contribution is -2.44. The van der Waals surface area contributed by atoms with Crippen molar-refractivity contribution in [3.63, 3.8) is 0 Å². The van der Waals surface area contributed by atoms with E-state index in [0.29, 0.717) is 11.5 Å². The van der Waals surface area contributed by atoms with Gasteiger partial charge in [-0.15, -0.1) is 0 Å². The Kier molecular flexibility index (Phi) is 9.72. The van der Waals surface area contributed by atoms with Gasteiger partial charge in [-0.1, -0.05) is 36.4 Å². The second-order valence-electron chi connectivity index (χ2n) is 11.7. The minimum atomic E-state index is -4.54. The lowest BCUT2D eigenvalue weighted by molar-refractivity contribution is -0.146. The summed E-state index contributed by atoms with van der Waals surface area (Å²) in [6, 6.07) is 13.6. The van der Waals surface area contributed by atoms with Gasteiger partial charge in [-0.3, -0.25) is 13.9 Å². The maximum Gasteiger partial charge on any atom is 0.459 e. The normalized spacial score (nSPS) is 22.3. The van der Waals surface area contributed by atoms with Gasteiger partial charge in [0.25, 0.3) is 0 Å². The Morgan fingerprint density at radius 2 is 1.94 bits per heavy atom. The van der Waals surface area contributed by atoms with E-state index in [2.05, 4.69) is 20.0 Å². The largest absolute Gasteiger partial charge is 0.479 e. The molecule has 15 nitrogen and oxygen atoms in total. The van der Waals surface area contributed by atoms with Crippen LogP contribution >= 0.6 is 7.75 Å². The monoisotopic (exact) mass is 714 g/mol. The van der Waals surface area contributed by atoms with Gasteiger partial charge in [0, 0.05) is 17.0 Å². The van der Waals surface area contributed by atoms with Gasteiger partial charge in [-0.05, 0) is 37.4 Å². The molecule has 5 aromatic rings. The van der Waals surface area contributed by atoms with E-state index < -0.39 is 68.6 Å². The number of aromatic nitrogens is 4. The maximum absolute atomic E-state index is 14.4. The molecule has 1 fully saturated rings. The highest BCUT2D eigenvalue weighted by atomic mass is 31.2. The Labute approximate surface area is 283 Å². The van der Waals surface area contributed by atoms with Crippen LogP contribution in [0, 0.1) is 11.6 Å². The van der Waals surface area contributed by atoms with E-state index in [4.69, 9.17) is 29.0 Å². The number of nitrogens with zero attached hydrogens (tertiary/aromatic N) is 4. The van der Waals surface area contributed by atoms with Gasteiger partial charge in [0.15, 0.2) is 17.4 Å². The summed E-state index contributed by atoms with van der Waals surface area (Å²) >= 11 is 0. The second-order valence-corrected chi connectivity index (χ2v) is 13.4. The zero-order valence-corrected chi connectivity index (χ0v) is 27.8. The number of imidazole rings is 1. The van der Waals surface area contributed by atoms with Crippen LogP contribution in [0.4, 0.5) is 14.7 Å². The fourth-order valence-corrected chi connectivity index (χ4v) is 6.99. The molecule has 3 heterocycles. The Hall–Kier alpha value is -4.77. The predicted molar refractivity (Wildman–Crippen MR) is 174 cm³/mol. The number of fused-ring (bicyclic) bond motifs is 2. The molecule has 0 bridgehead atoms. The van der Waals surface area contributed by atoms with E-state index in [1.165, 1.54) is 31.9 Å². The summed E-state index contributed by atoms with van der Waals surface area (Å²) in [5, 5.41) is 26.4. The molecular weight excluding hydrogens is 681 g/mol. The first-order chi connectivity index (χ1) is 23.8. The number of nitrogens with one attached hydrogen (secondary N) is 1. The molecule has 0 aliphatic carbocycles. The standard InChI is InChI=1S/C32H33F2N6O9P/c1-17(29(42)46-14-19-11-12-20(33)13-22(19)34)39-50(44,49-23-10-6-8-18-7-4-5-9-21(18)23)47-15-24-26(41)32(2,43)30(48-24)40-16-36-25-27(40)37-31(35)38-28(25)45-3/h4-13,16-17,24,26,30,41,43H,14-15H2,1-3H3,(H,39,44)(H2,35,37,38)/t17-,24+,26+,30?,32+,50?/m0/s1. The Morgan fingerprint density at radius 1 is 1.18 bits per heavy atom. The highest BCUT2D eigenvalue weighted by Gasteiger charge is 2.54. The molecule has 6 atom stereocenters. The number of ether oxygens (including phenoxy) is 3. The van der Waals surface area contributed by atoms with Crippen LogP contribution in [0.2, 0.25) is 0 Å². The van der Waals surface area contributed by atoms with Crippen LogP contribution in [-0.2, 0) is 30.0 Å². The number of hydrogen-bond acceptors (Lipinski definition) is 13. The summed E-state index contributed by atoms with van der Waals surface area (Å²) in [7, 11) is -3.17. The lowest BCUT2D eigenvalue weighted by atomic mass is 9.96. The molecule has 3 aromatic carbocycles. The van der Waals surface area contributed by atoms with Crippen molar-refractivity contribution in [2.24, 2.45) is 0 Å². The van der Waals surface area contributed by atoms with E-state index >= 15 is 0 Å². The molecule has 2 unspecified atom stereocenters. The first kappa shape index (κ1) is 35.1. The van der Waals surface area contributed by atoms with Gasteiger partial charge in [-0.2, -0.15) is 15.1 Å². The number of carbonyl (C=O) groups excluding carboxylic acids is 1. The van der Waals surface area contributed by atoms with Crippen LogP contribution in [0.3, 0.4) is 0 Å². The van der Waals surface area contributed by atoms with E-state index in [9.17, 15) is 28.4 Å². The summed E-state index contributed by atoms with van der Waals surface area (Å²) in [6.45, 7) is 1.50. The molecule has 0 spiro atoms. The van der Waals surface area contributed by atoms with E-state index in [1.807, 2.05) is 18.2 Å². The summed E-state index contributed by atoms with van der Waals surface area (Å²) in [5.74, 6) is -2.57. The minimum Gasteiger partial charge on any atom is -0.479 e. The number of benzene rings is 3. The Morgan fingerprint density at radius 3 is 2.70 bits per heavy atom. The number of hydrogen-bond donors (Lipinski definition) is 4. The number of anilines is 1. The van der Waals surface area contributed by atoms with Crippen molar-refractivity contribution >= 4 is 41.6 Å². The maximum atomic E-state index is 14.4. The third-order valence-corrected chi connectivity index (χ3v) is 9.70. The van der Waals surface area contributed by atoms with Crippen LogP contribution in [-0.4, -0.2) is 73.3 Å². The number of rotatable bonds is 12. The lowest BCUT2D eigenvalue weighted by Gasteiger charge is -2.27. The fraction of sp³-hybridized carbons (Fsp3) is 0.312. The van der Waals surface area contributed by atoms with Crippen LogP contribution in [0.25, 0.3) is 21.9 Å². The molecule has 0 radical (unpaired) electrons. The number of aliphatic hydroxyl groups is 2. The van der Waals surface area contributed by atoms with Crippen molar-refractivity contribution in [2.45, 2.75) is 50.5 Å². The molecule has 18 heteroatoms. The number of esters is 1. The number of nitrogen functional groups attached to an aromatic ring is 1. The van der Waals surface area contributed by atoms with Gasteiger partial charge in [-0.25, -0.2) is 18.3 Å². The van der Waals surface area contributed by atoms with Gasteiger partial charge >= 0.3 is 13.7 Å². The molecule has 264 valence electrons. The van der Waals surface area contributed by atoms with Gasteiger partial charge in [0.2, 0.25) is 11.8 Å². The van der Waals surface area contributed by atoms with Gasteiger partial charge in [0.1, 0.15) is 47.8 Å². The molecule has 1 aliphatic rings. The third-order valence-electron chi connectivity index (χ3n) is 8.07. The van der Waals surface area contributed by atoms with Crippen molar-refractivity contribution < 1.29 is 51.6 Å². The highest BCUT2D eigenvalue weighted by molar-refractivity contribution is 7.52. The summed E-state index contributed by atoms with van der Waals surface area (Å²) in [4.78, 5) is 25.3. The molecular formula is C32H33F2N6O9P. The zero-order chi connectivity index (χ0) is 35.8. The molecule has 0 saturated carbocycles. The van der Waals surface area contributed by atoms with E-state index in [0.717, 1.165) is 17.5 Å². The average Bonchev–Trinajstić information content (AvgIpc) is 3.59. The van der Waals surface area contributed by atoms with Crippen LogP contribution < -0.4 is 20.1 Å². The van der Waals surface area contributed by atoms with Crippen molar-refractivity contribution in [3.05, 3.63) is 84.2 Å². The third kappa shape index (κ3) is 6.96. The van der Waals surface area contributed by atoms with Crippen molar-refractivity contribution in [2.75, 3.05) is 19.5 Å². The Balaban J connectivity index is 1.23. The van der Waals surface area contributed by atoms with Crippen LogP contribution in [0.1, 0.15) is 25.6 Å². The van der Waals surface area contributed by atoms with E-state index in [1.54, 1.807) is 24.3 Å².